The molecule has 2 N–H and O–H groups in total. The third kappa shape index (κ3) is 3.57. The number of carbonyl (C=O) groups is 1. The van der Waals surface area contributed by atoms with Gasteiger partial charge in [-0.3, -0.25) is 0 Å². The van der Waals surface area contributed by atoms with E-state index in [1.165, 1.54) is 5.56 Å². The highest BCUT2D eigenvalue weighted by atomic mass is 79.9. The first-order valence-electron chi connectivity index (χ1n) is 8.61. The van der Waals surface area contributed by atoms with Crippen LogP contribution >= 0.6 is 27.5 Å². The van der Waals surface area contributed by atoms with E-state index >= 15 is 0 Å². The zero-order valence-electron chi connectivity index (χ0n) is 14.9. The third-order valence-corrected chi connectivity index (χ3v) is 5.39. The summed E-state index contributed by atoms with van der Waals surface area (Å²) in [6, 6.07) is 13.9. The maximum absolute atomic E-state index is 10.7. The molecule has 0 bridgehead atoms. The molecule has 0 radical (unpaired) electrons. The van der Waals surface area contributed by atoms with Crippen molar-refractivity contribution in [2.75, 3.05) is 6.61 Å². The van der Waals surface area contributed by atoms with Crippen molar-refractivity contribution in [2.45, 2.75) is 13.3 Å². The Labute approximate surface area is 174 Å². The molecule has 0 aliphatic heterocycles. The van der Waals surface area contributed by atoms with Gasteiger partial charge < -0.3 is 14.9 Å². The summed E-state index contributed by atoms with van der Waals surface area (Å²) in [6.45, 7) is 1.35. The molecule has 142 valence electrons. The van der Waals surface area contributed by atoms with Crippen LogP contribution in [0.25, 0.3) is 22.0 Å². The predicted octanol–water partition coefficient (Wildman–Crippen LogP) is 5.53. The second kappa shape index (κ2) is 7.45. The van der Waals surface area contributed by atoms with Gasteiger partial charge in [0.05, 0.1) is 5.71 Å². The smallest absolute Gasteiger partial charge is 0.344 e. The van der Waals surface area contributed by atoms with Crippen molar-refractivity contribution >= 4 is 61.3 Å². The molecular weight excluding hydrogens is 444 g/mol. The van der Waals surface area contributed by atoms with Gasteiger partial charge in [0, 0.05) is 38.1 Å². The first-order chi connectivity index (χ1) is 13.4. The van der Waals surface area contributed by atoms with Crippen molar-refractivity contribution in [1.29, 1.82) is 0 Å². The van der Waals surface area contributed by atoms with E-state index in [1.54, 1.807) is 0 Å². The van der Waals surface area contributed by atoms with Gasteiger partial charge in [-0.25, -0.2) is 4.79 Å². The van der Waals surface area contributed by atoms with Gasteiger partial charge in [0.2, 0.25) is 6.61 Å². The van der Waals surface area contributed by atoms with Gasteiger partial charge in [0.15, 0.2) is 0 Å². The van der Waals surface area contributed by atoms with Gasteiger partial charge in [0.25, 0.3) is 0 Å². The molecule has 7 heteroatoms. The molecule has 0 saturated carbocycles. The van der Waals surface area contributed by atoms with Crippen molar-refractivity contribution in [1.82, 2.24) is 4.98 Å². The first kappa shape index (κ1) is 18.8. The number of benzene rings is 2. The second-order valence-electron chi connectivity index (χ2n) is 6.59. The quantitative estimate of drug-likeness (QED) is 0.389. The number of carboxylic acids is 1. The lowest BCUT2D eigenvalue weighted by molar-refractivity contribution is -0.142. The van der Waals surface area contributed by atoms with Crippen molar-refractivity contribution in [3.05, 3.63) is 68.8 Å². The van der Waals surface area contributed by atoms with Crippen molar-refractivity contribution < 1.29 is 14.7 Å². The Morgan fingerprint density at radius 2 is 2.11 bits per heavy atom. The van der Waals surface area contributed by atoms with Crippen molar-refractivity contribution in [3.63, 3.8) is 0 Å². The fourth-order valence-electron chi connectivity index (χ4n) is 3.53. The number of rotatable bonds is 5. The third-order valence-electron chi connectivity index (χ3n) is 4.66. The Hall–Kier alpha value is -2.57. The van der Waals surface area contributed by atoms with Gasteiger partial charge >= 0.3 is 5.97 Å². The molecule has 0 atom stereocenters. The van der Waals surface area contributed by atoms with E-state index in [2.05, 4.69) is 38.2 Å². The molecule has 1 aliphatic carbocycles. The maximum atomic E-state index is 10.7. The Morgan fingerprint density at radius 3 is 2.89 bits per heavy atom. The Bertz CT molecular complexity index is 1160. The highest BCUT2D eigenvalue weighted by Crippen LogP contribution is 2.41. The number of aromatic amines is 1. The minimum atomic E-state index is -1.06. The van der Waals surface area contributed by atoms with E-state index < -0.39 is 12.6 Å². The number of fused-ring (bicyclic) bond motifs is 2. The number of halogens is 2. The molecule has 2 aromatic carbocycles. The Kier molecular flexibility index (Phi) is 5.00. The summed E-state index contributed by atoms with van der Waals surface area (Å²) in [7, 11) is 0. The van der Waals surface area contributed by atoms with Crippen LogP contribution in [-0.4, -0.2) is 28.4 Å². The van der Waals surface area contributed by atoms with Crippen LogP contribution in [0.1, 0.15) is 23.7 Å². The summed E-state index contributed by atoms with van der Waals surface area (Å²) in [4.78, 5) is 19.2. The average Bonchev–Trinajstić information content (AvgIpc) is 3.21. The van der Waals surface area contributed by atoms with Gasteiger partial charge in [0.1, 0.15) is 0 Å². The molecule has 1 aromatic heterocycles. The van der Waals surface area contributed by atoms with E-state index in [4.69, 9.17) is 21.5 Å². The van der Waals surface area contributed by atoms with E-state index in [0.717, 1.165) is 44.2 Å². The number of carboxylic acid groups (broad SMARTS) is 1. The zero-order chi connectivity index (χ0) is 19.8. The van der Waals surface area contributed by atoms with Crippen LogP contribution in [0, 0.1) is 0 Å². The molecule has 0 saturated heterocycles. The van der Waals surface area contributed by atoms with Crippen molar-refractivity contribution in [2.24, 2.45) is 5.16 Å². The zero-order valence-corrected chi connectivity index (χ0v) is 17.3. The minimum absolute atomic E-state index is 0.474. The van der Waals surface area contributed by atoms with E-state index in [1.807, 2.05) is 37.3 Å². The fraction of sp³-hybridized carbons (Fsp3) is 0.143. The van der Waals surface area contributed by atoms with Crippen LogP contribution in [0.5, 0.6) is 0 Å². The molecule has 5 nitrogen and oxygen atoms in total. The van der Waals surface area contributed by atoms with Crippen LogP contribution in [0.2, 0.25) is 5.02 Å². The second-order valence-corrected chi connectivity index (χ2v) is 7.94. The highest BCUT2D eigenvalue weighted by Gasteiger charge is 2.26. The number of hydrogen-bond acceptors (Lipinski definition) is 3. The number of nitrogens with zero attached hydrogens (tertiary/aromatic N) is 1. The van der Waals surface area contributed by atoms with E-state index in [9.17, 15) is 4.79 Å². The molecule has 4 rings (SSSR count). The monoisotopic (exact) mass is 458 g/mol. The van der Waals surface area contributed by atoms with Crippen LogP contribution in [0.4, 0.5) is 0 Å². The minimum Gasteiger partial charge on any atom is -0.479 e. The van der Waals surface area contributed by atoms with Crippen molar-refractivity contribution in [3.8, 4) is 0 Å². The fourth-order valence-corrected chi connectivity index (χ4v) is 4.12. The molecule has 3 aromatic rings. The summed E-state index contributed by atoms with van der Waals surface area (Å²) < 4.78 is 1.01. The Balaban J connectivity index is 1.83. The molecule has 1 heterocycles. The average molecular weight is 460 g/mol. The molecule has 0 unspecified atom stereocenters. The summed E-state index contributed by atoms with van der Waals surface area (Å²) in [5.41, 5.74) is 6.88. The number of hydrogen-bond donors (Lipinski definition) is 2. The molecule has 0 spiro atoms. The van der Waals surface area contributed by atoms with Crippen LogP contribution in [-0.2, 0) is 16.1 Å². The molecule has 0 amide bonds. The number of aliphatic carboxylic acids is 1. The van der Waals surface area contributed by atoms with E-state index in [-0.39, 0.29) is 0 Å². The number of H-pyrrole nitrogens is 1. The number of oxime groups is 1. The molecule has 0 fully saturated rings. The summed E-state index contributed by atoms with van der Waals surface area (Å²) >= 11 is 9.66. The summed E-state index contributed by atoms with van der Waals surface area (Å²) in [6.07, 6.45) is 0.733. The van der Waals surface area contributed by atoms with E-state index in [0.29, 0.717) is 10.7 Å². The summed E-state index contributed by atoms with van der Waals surface area (Å²) in [5.74, 6) is -1.06. The molecule has 28 heavy (non-hydrogen) atoms. The van der Waals surface area contributed by atoms with Crippen LogP contribution in [0.15, 0.2) is 52.1 Å². The molecule has 1 aliphatic rings. The lowest BCUT2D eigenvalue weighted by Crippen LogP contribution is -2.06. The maximum Gasteiger partial charge on any atom is 0.344 e. The standard InChI is InChI=1S/C21H16BrClN2O3/c1-11(25-28-10-20(26)27)21-16-4-2-14(22)6-12(16)8-17(21)19-9-13-7-15(23)3-5-18(13)24-19/h2-7,9,24H,8,10H2,1H3,(H,26,27). The summed E-state index contributed by atoms with van der Waals surface area (Å²) in [5, 5.41) is 14.5. The first-order valence-corrected chi connectivity index (χ1v) is 9.79. The van der Waals surface area contributed by atoms with Gasteiger partial charge in [-0.1, -0.05) is 38.8 Å². The van der Waals surface area contributed by atoms with Gasteiger partial charge in [-0.15, -0.1) is 0 Å². The normalized spacial score (nSPS) is 13.9. The SMILES string of the molecule is CC(=NOCC(=O)O)C1=C(c2cc3cc(Cl)ccc3[nH]2)Cc2cc(Br)ccc21. The topological polar surface area (TPSA) is 74.7 Å². The van der Waals surface area contributed by atoms with Crippen LogP contribution in [0.3, 0.4) is 0 Å². The highest BCUT2D eigenvalue weighted by molar-refractivity contribution is 9.10. The molecular formula is C21H16BrClN2O3. The number of aromatic nitrogens is 1. The Morgan fingerprint density at radius 1 is 1.29 bits per heavy atom. The van der Waals surface area contributed by atoms with Crippen LogP contribution < -0.4 is 0 Å². The largest absolute Gasteiger partial charge is 0.479 e. The number of nitrogens with one attached hydrogen (secondary N) is 1. The van der Waals surface area contributed by atoms with Gasteiger partial charge in [-0.2, -0.15) is 0 Å². The predicted molar refractivity (Wildman–Crippen MR) is 115 cm³/mol. The van der Waals surface area contributed by atoms with Gasteiger partial charge in [-0.05, 0) is 60.0 Å². The number of allylic oxidation sites excluding steroid dienone is 2. The lowest BCUT2D eigenvalue weighted by Gasteiger charge is -2.08. The lowest BCUT2D eigenvalue weighted by atomic mass is 10.0.